The molecule has 3 aromatic heterocycles. The van der Waals surface area contributed by atoms with Crippen LogP contribution in [0.25, 0.3) is 38.9 Å². The summed E-state index contributed by atoms with van der Waals surface area (Å²) in [6.45, 7) is 6.65. The van der Waals surface area contributed by atoms with Crippen LogP contribution in [0.4, 0.5) is 17.2 Å². The summed E-state index contributed by atoms with van der Waals surface area (Å²) in [5.74, 6) is 1.07. The van der Waals surface area contributed by atoms with Gasteiger partial charge in [-0.25, -0.2) is 9.97 Å². The lowest BCUT2D eigenvalue weighted by molar-refractivity contribution is 0.473. The van der Waals surface area contributed by atoms with Crippen molar-refractivity contribution >= 4 is 39.1 Å². The van der Waals surface area contributed by atoms with E-state index in [0.717, 1.165) is 50.4 Å². The maximum atomic E-state index is 10.8. The van der Waals surface area contributed by atoms with Crippen LogP contribution in [0.5, 0.6) is 5.75 Å². The first-order valence-corrected chi connectivity index (χ1v) is 14.5. The molecule has 5 nitrogen and oxygen atoms in total. The standard InChI is InChI=1S/C38H32N4O/c1-38(2,3)27-22-23-39-36(25-27)41(28-13-5-4-6-14-28)29-15-11-12-26(24-29)32-21-20-31-30-16-7-8-17-33(30)42(37(31)40-32)34-18-9-10-19-35(34)43/h4-25,43H,1-3H3. The van der Waals surface area contributed by atoms with Gasteiger partial charge >= 0.3 is 0 Å². The highest BCUT2D eigenvalue weighted by atomic mass is 16.3. The molecular weight excluding hydrogens is 528 g/mol. The third kappa shape index (κ3) is 4.79. The molecule has 7 aromatic rings. The van der Waals surface area contributed by atoms with Gasteiger partial charge in [0.25, 0.3) is 0 Å². The molecule has 7 rings (SSSR count). The predicted octanol–water partition coefficient (Wildman–Crippen LogP) is 9.71. The van der Waals surface area contributed by atoms with Crippen molar-refractivity contribution in [1.29, 1.82) is 0 Å². The molecule has 0 aliphatic heterocycles. The highest BCUT2D eigenvalue weighted by Gasteiger charge is 2.20. The summed E-state index contributed by atoms with van der Waals surface area (Å²) in [7, 11) is 0. The largest absolute Gasteiger partial charge is 0.506 e. The summed E-state index contributed by atoms with van der Waals surface area (Å²) >= 11 is 0. The molecule has 0 saturated carbocycles. The molecule has 1 N–H and O–H groups in total. The highest BCUT2D eigenvalue weighted by Crippen LogP contribution is 2.38. The lowest BCUT2D eigenvalue weighted by atomic mass is 9.88. The molecule has 0 bridgehead atoms. The molecule has 210 valence electrons. The Morgan fingerprint density at radius 1 is 0.674 bits per heavy atom. The van der Waals surface area contributed by atoms with Gasteiger partial charge in [-0.3, -0.25) is 9.47 Å². The molecule has 0 radical (unpaired) electrons. The van der Waals surface area contributed by atoms with Gasteiger partial charge in [-0.05, 0) is 77.7 Å². The van der Waals surface area contributed by atoms with Crippen LogP contribution >= 0.6 is 0 Å². The van der Waals surface area contributed by atoms with Gasteiger partial charge in [0.15, 0.2) is 0 Å². The van der Waals surface area contributed by atoms with E-state index in [1.54, 1.807) is 6.07 Å². The number of nitrogens with zero attached hydrogens (tertiary/aromatic N) is 4. The number of para-hydroxylation sites is 4. The Balaban J connectivity index is 1.40. The second kappa shape index (κ2) is 10.4. The number of hydrogen-bond donors (Lipinski definition) is 1. The van der Waals surface area contributed by atoms with Gasteiger partial charge in [0, 0.05) is 33.9 Å². The first-order valence-electron chi connectivity index (χ1n) is 14.5. The number of phenolic OH excluding ortho intramolecular Hbond substituents is 1. The van der Waals surface area contributed by atoms with Crippen LogP contribution in [-0.4, -0.2) is 19.6 Å². The smallest absolute Gasteiger partial charge is 0.146 e. The fraction of sp³-hybridized carbons (Fsp3) is 0.105. The van der Waals surface area contributed by atoms with E-state index >= 15 is 0 Å². The zero-order valence-electron chi connectivity index (χ0n) is 24.4. The van der Waals surface area contributed by atoms with Gasteiger partial charge < -0.3 is 5.11 Å². The Labute approximate surface area is 251 Å². The highest BCUT2D eigenvalue weighted by molar-refractivity contribution is 6.08. The summed E-state index contributed by atoms with van der Waals surface area (Å²) in [5, 5.41) is 12.9. The molecule has 0 atom stereocenters. The number of aromatic nitrogens is 3. The molecule has 0 unspecified atom stereocenters. The van der Waals surface area contributed by atoms with Gasteiger partial charge in [0.05, 0.1) is 16.9 Å². The Morgan fingerprint density at radius 2 is 1.42 bits per heavy atom. The zero-order valence-corrected chi connectivity index (χ0v) is 24.4. The van der Waals surface area contributed by atoms with Gasteiger partial charge in [-0.1, -0.05) is 81.4 Å². The number of pyridine rings is 2. The van der Waals surface area contributed by atoms with Crippen molar-refractivity contribution in [3.05, 3.63) is 139 Å². The quantitative estimate of drug-likeness (QED) is 0.228. The second-order valence-electron chi connectivity index (χ2n) is 11.8. The second-order valence-corrected chi connectivity index (χ2v) is 11.8. The van der Waals surface area contributed by atoms with Crippen molar-refractivity contribution in [2.45, 2.75) is 26.2 Å². The monoisotopic (exact) mass is 560 g/mol. The number of hydrogen-bond acceptors (Lipinski definition) is 4. The SMILES string of the molecule is CC(C)(C)c1ccnc(N(c2ccccc2)c2cccc(-c3ccc4c5ccccc5n(-c5ccccc5O)c4n3)c2)c1. The van der Waals surface area contributed by atoms with Gasteiger partial charge in [0.2, 0.25) is 0 Å². The lowest BCUT2D eigenvalue weighted by Crippen LogP contribution is -2.15. The number of fused-ring (bicyclic) bond motifs is 3. The summed E-state index contributed by atoms with van der Waals surface area (Å²) in [6, 6.07) is 42.9. The maximum absolute atomic E-state index is 10.8. The summed E-state index contributed by atoms with van der Waals surface area (Å²) < 4.78 is 2.05. The van der Waals surface area contributed by atoms with Crippen molar-refractivity contribution in [3.8, 4) is 22.7 Å². The number of anilines is 3. The van der Waals surface area contributed by atoms with Crippen LogP contribution in [0.15, 0.2) is 134 Å². The minimum Gasteiger partial charge on any atom is -0.506 e. The molecule has 3 heterocycles. The fourth-order valence-electron chi connectivity index (χ4n) is 5.70. The summed E-state index contributed by atoms with van der Waals surface area (Å²) in [6.07, 6.45) is 1.89. The average Bonchev–Trinajstić information content (AvgIpc) is 3.35. The minimum absolute atomic E-state index is 0.00707. The van der Waals surface area contributed by atoms with Gasteiger partial charge in [0.1, 0.15) is 17.2 Å². The first-order chi connectivity index (χ1) is 20.9. The van der Waals surface area contributed by atoms with Gasteiger partial charge in [-0.15, -0.1) is 0 Å². The molecule has 0 amide bonds. The van der Waals surface area contributed by atoms with E-state index in [0.29, 0.717) is 5.69 Å². The number of aromatic hydroxyl groups is 1. The van der Waals surface area contributed by atoms with Crippen LogP contribution in [0.3, 0.4) is 0 Å². The third-order valence-electron chi connectivity index (χ3n) is 7.90. The Bertz CT molecular complexity index is 2090. The van der Waals surface area contributed by atoms with E-state index < -0.39 is 0 Å². The van der Waals surface area contributed by atoms with Crippen molar-refractivity contribution in [3.63, 3.8) is 0 Å². The maximum Gasteiger partial charge on any atom is 0.146 e. The fourth-order valence-corrected chi connectivity index (χ4v) is 5.70. The van der Waals surface area contributed by atoms with Crippen LogP contribution in [-0.2, 0) is 5.41 Å². The van der Waals surface area contributed by atoms with Crippen LogP contribution in [0.2, 0.25) is 0 Å². The van der Waals surface area contributed by atoms with E-state index in [1.165, 1.54) is 5.56 Å². The molecule has 0 aliphatic rings. The van der Waals surface area contributed by atoms with E-state index in [-0.39, 0.29) is 11.2 Å². The van der Waals surface area contributed by atoms with Crippen LogP contribution < -0.4 is 4.90 Å². The Hall–Kier alpha value is -5.42. The molecular formula is C38H32N4O. The van der Waals surface area contributed by atoms with E-state index in [1.807, 2.05) is 59.3 Å². The summed E-state index contributed by atoms with van der Waals surface area (Å²) in [4.78, 5) is 12.2. The van der Waals surface area contributed by atoms with E-state index in [4.69, 9.17) is 9.97 Å². The van der Waals surface area contributed by atoms with E-state index in [2.05, 4.69) is 98.5 Å². The molecule has 0 aliphatic carbocycles. The van der Waals surface area contributed by atoms with Crippen LogP contribution in [0, 0.1) is 0 Å². The van der Waals surface area contributed by atoms with Crippen LogP contribution in [0.1, 0.15) is 26.3 Å². The lowest BCUT2D eigenvalue weighted by Gasteiger charge is -2.27. The Morgan fingerprint density at radius 3 is 2.23 bits per heavy atom. The number of rotatable bonds is 5. The third-order valence-corrected chi connectivity index (χ3v) is 7.90. The molecule has 4 aromatic carbocycles. The van der Waals surface area contributed by atoms with Crippen molar-refractivity contribution < 1.29 is 5.11 Å². The molecule has 43 heavy (non-hydrogen) atoms. The number of phenols is 1. The topological polar surface area (TPSA) is 54.2 Å². The Kier molecular flexibility index (Phi) is 6.43. The van der Waals surface area contributed by atoms with Crippen molar-refractivity contribution in [1.82, 2.24) is 14.5 Å². The normalized spacial score (nSPS) is 11.7. The van der Waals surface area contributed by atoms with Gasteiger partial charge in [-0.2, -0.15) is 0 Å². The summed E-state index contributed by atoms with van der Waals surface area (Å²) in [5.41, 5.74) is 7.56. The molecule has 0 spiro atoms. The molecule has 0 saturated heterocycles. The first kappa shape index (κ1) is 26.5. The zero-order chi connectivity index (χ0) is 29.6. The minimum atomic E-state index is -0.00707. The van der Waals surface area contributed by atoms with Crippen molar-refractivity contribution in [2.75, 3.05) is 4.90 Å². The average molecular weight is 561 g/mol. The van der Waals surface area contributed by atoms with E-state index in [9.17, 15) is 5.11 Å². The molecule has 0 fully saturated rings. The van der Waals surface area contributed by atoms with Crippen molar-refractivity contribution in [2.24, 2.45) is 0 Å². The molecule has 5 heteroatoms. The predicted molar refractivity (Wildman–Crippen MR) is 177 cm³/mol. The number of benzene rings is 4.